The number of benzene rings is 1. The summed E-state index contributed by atoms with van der Waals surface area (Å²) in [5, 5.41) is 6.04. The first-order valence-corrected chi connectivity index (χ1v) is 10.3. The Bertz CT molecular complexity index is 990. The van der Waals surface area contributed by atoms with Crippen LogP contribution in [0.5, 0.6) is 0 Å². The zero-order valence-electron chi connectivity index (χ0n) is 16.0. The molecule has 3 aromatic rings. The van der Waals surface area contributed by atoms with Crippen molar-refractivity contribution in [2.24, 2.45) is 0 Å². The number of thiophene rings is 1. The number of nitrogens with zero attached hydrogens (tertiary/aromatic N) is 4. The van der Waals surface area contributed by atoms with Gasteiger partial charge in [-0.2, -0.15) is 4.98 Å². The fourth-order valence-corrected chi connectivity index (χ4v) is 3.86. The lowest BCUT2D eigenvalue weighted by molar-refractivity contribution is -0.127. The van der Waals surface area contributed by atoms with Crippen molar-refractivity contribution >= 4 is 22.8 Å². The maximum Gasteiger partial charge on any atom is 0.268 e. The molecule has 0 atom stereocenters. The molecule has 1 aromatic carbocycles. The molecule has 0 N–H and O–H groups in total. The van der Waals surface area contributed by atoms with E-state index in [0.29, 0.717) is 31.3 Å². The molecule has 0 aliphatic carbocycles. The second kappa shape index (κ2) is 8.67. The molecule has 3 heterocycles. The van der Waals surface area contributed by atoms with Gasteiger partial charge in [-0.15, -0.1) is 11.3 Å². The molecule has 29 heavy (non-hydrogen) atoms. The van der Waals surface area contributed by atoms with Gasteiger partial charge in [-0.25, -0.2) is 4.39 Å². The molecule has 6 nitrogen and oxygen atoms in total. The summed E-state index contributed by atoms with van der Waals surface area (Å²) in [6.07, 6.45) is 1.62. The number of carbonyl (C=O) groups is 1. The van der Waals surface area contributed by atoms with Crippen LogP contribution in [0.1, 0.15) is 18.3 Å². The molecule has 1 aliphatic heterocycles. The highest BCUT2D eigenvalue weighted by atomic mass is 32.1. The van der Waals surface area contributed by atoms with Crippen LogP contribution >= 0.6 is 11.3 Å². The van der Waals surface area contributed by atoms with Crippen molar-refractivity contribution in [3.05, 3.63) is 65.1 Å². The summed E-state index contributed by atoms with van der Waals surface area (Å²) < 4.78 is 18.4. The van der Waals surface area contributed by atoms with E-state index in [1.54, 1.807) is 29.5 Å². The van der Waals surface area contributed by atoms with E-state index in [-0.39, 0.29) is 11.7 Å². The molecular formula is C21H21FN4O2S. The fourth-order valence-electron chi connectivity index (χ4n) is 3.22. The van der Waals surface area contributed by atoms with Crippen LogP contribution in [-0.4, -0.2) is 52.0 Å². The molecule has 1 fully saturated rings. The highest BCUT2D eigenvalue weighted by molar-refractivity contribution is 7.13. The van der Waals surface area contributed by atoms with Gasteiger partial charge in [0.1, 0.15) is 5.82 Å². The molecule has 150 valence electrons. The Balaban J connectivity index is 1.30. The molecule has 0 bridgehead atoms. The first-order valence-electron chi connectivity index (χ1n) is 9.40. The second-order valence-corrected chi connectivity index (χ2v) is 7.88. The summed E-state index contributed by atoms with van der Waals surface area (Å²) in [6.45, 7) is 5.24. The van der Waals surface area contributed by atoms with Gasteiger partial charge in [0.05, 0.1) is 11.4 Å². The number of hydrogen-bond donors (Lipinski definition) is 0. The Labute approximate surface area is 172 Å². The topological polar surface area (TPSA) is 62.5 Å². The molecule has 1 aliphatic rings. The van der Waals surface area contributed by atoms with Crippen LogP contribution in [0.25, 0.3) is 16.3 Å². The summed E-state index contributed by atoms with van der Waals surface area (Å²) in [7, 11) is 0. The van der Waals surface area contributed by atoms with Crippen LogP contribution in [-0.2, 0) is 11.3 Å². The van der Waals surface area contributed by atoms with E-state index in [1.807, 2.05) is 29.3 Å². The minimum Gasteiger partial charge on any atom is -0.337 e. The number of piperazine rings is 1. The monoisotopic (exact) mass is 412 g/mol. The lowest BCUT2D eigenvalue weighted by Crippen LogP contribution is -2.48. The van der Waals surface area contributed by atoms with Crippen molar-refractivity contribution in [3.8, 4) is 10.8 Å². The summed E-state index contributed by atoms with van der Waals surface area (Å²) in [5.41, 5.74) is 1.67. The molecule has 0 spiro atoms. The lowest BCUT2D eigenvalue weighted by atomic mass is 10.1. The van der Waals surface area contributed by atoms with Crippen molar-refractivity contribution in [1.29, 1.82) is 0 Å². The molecule has 4 rings (SSSR count). The zero-order valence-corrected chi connectivity index (χ0v) is 16.9. The Hall–Kier alpha value is -2.84. The van der Waals surface area contributed by atoms with Crippen molar-refractivity contribution in [1.82, 2.24) is 19.9 Å². The highest BCUT2D eigenvalue weighted by Gasteiger charge is 2.22. The highest BCUT2D eigenvalue weighted by Crippen LogP contribution is 2.23. The molecule has 2 aromatic heterocycles. The van der Waals surface area contributed by atoms with Crippen LogP contribution in [0.15, 0.2) is 52.4 Å². The van der Waals surface area contributed by atoms with E-state index in [4.69, 9.17) is 4.52 Å². The van der Waals surface area contributed by atoms with Gasteiger partial charge in [0, 0.05) is 32.3 Å². The smallest absolute Gasteiger partial charge is 0.268 e. The SMILES string of the molecule is CC(=CC(=O)N1CCN(Cc2noc(-c3cccs3)n2)CC1)c1ccc(F)cc1. The third-order valence-corrected chi connectivity index (χ3v) is 5.75. The van der Waals surface area contributed by atoms with Crippen molar-refractivity contribution in [3.63, 3.8) is 0 Å². The minimum atomic E-state index is -0.284. The Morgan fingerprint density at radius 3 is 2.66 bits per heavy atom. The van der Waals surface area contributed by atoms with Gasteiger partial charge in [0.15, 0.2) is 5.82 Å². The van der Waals surface area contributed by atoms with Crippen LogP contribution in [0.2, 0.25) is 0 Å². The Morgan fingerprint density at radius 2 is 1.97 bits per heavy atom. The van der Waals surface area contributed by atoms with Crippen LogP contribution in [0.4, 0.5) is 4.39 Å². The summed E-state index contributed by atoms with van der Waals surface area (Å²) in [6, 6.07) is 10.1. The van der Waals surface area contributed by atoms with E-state index in [0.717, 1.165) is 29.1 Å². The molecular weight excluding hydrogens is 391 g/mol. The van der Waals surface area contributed by atoms with Crippen LogP contribution in [0, 0.1) is 5.82 Å². The number of carbonyl (C=O) groups excluding carboxylic acids is 1. The standard InChI is InChI=1S/C21H21FN4O2S/c1-15(16-4-6-17(22)7-5-16)13-20(27)26-10-8-25(9-11-26)14-19-23-21(28-24-19)18-3-2-12-29-18/h2-7,12-13H,8-11,14H2,1H3. The third-order valence-electron chi connectivity index (χ3n) is 4.89. The number of allylic oxidation sites excluding steroid dienone is 1. The minimum absolute atomic E-state index is 0.0222. The van der Waals surface area contributed by atoms with Gasteiger partial charge in [0.2, 0.25) is 5.91 Å². The predicted octanol–water partition coefficient (Wildman–Crippen LogP) is 3.68. The van der Waals surface area contributed by atoms with Gasteiger partial charge < -0.3 is 9.42 Å². The quantitative estimate of drug-likeness (QED) is 0.598. The van der Waals surface area contributed by atoms with Crippen LogP contribution < -0.4 is 0 Å². The van der Waals surface area contributed by atoms with E-state index >= 15 is 0 Å². The molecule has 0 unspecified atom stereocenters. The van der Waals surface area contributed by atoms with Gasteiger partial charge >= 0.3 is 0 Å². The van der Waals surface area contributed by atoms with E-state index in [1.165, 1.54) is 12.1 Å². The van der Waals surface area contributed by atoms with E-state index in [2.05, 4.69) is 15.0 Å². The normalized spacial score (nSPS) is 15.7. The average Bonchev–Trinajstić information content (AvgIpc) is 3.41. The van der Waals surface area contributed by atoms with E-state index < -0.39 is 0 Å². The maximum absolute atomic E-state index is 13.1. The van der Waals surface area contributed by atoms with Crippen molar-refractivity contribution in [2.75, 3.05) is 26.2 Å². The second-order valence-electron chi connectivity index (χ2n) is 6.93. The van der Waals surface area contributed by atoms with Gasteiger partial charge in [0.25, 0.3) is 5.89 Å². The number of aromatic nitrogens is 2. The van der Waals surface area contributed by atoms with E-state index in [9.17, 15) is 9.18 Å². The molecule has 0 saturated carbocycles. The van der Waals surface area contributed by atoms with Gasteiger partial charge in [-0.3, -0.25) is 9.69 Å². The molecule has 1 saturated heterocycles. The number of hydrogen-bond acceptors (Lipinski definition) is 6. The lowest BCUT2D eigenvalue weighted by Gasteiger charge is -2.33. The molecule has 0 radical (unpaired) electrons. The van der Waals surface area contributed by atoms with Gasteiger partial charge in [-0.1, -0.05) is 23.4 Å². The third kappa shape index (κ3) is 4.78. The molecule has 1 amide bonds. The Kier molecular flexibility index (Phi) is 5.82. The number of rotatable bonds is 5. The van der Waals surface area contributed by atoms with Crippen molar-refractivity contribution in [2.45, 2.75) is 13.5 Å². The molecule has 8 heteroatoms. The number of halogens is 1. The van der Waals surface area contributed by atoms with Gasteiger partial charge in [-0.05, 0) is 41.6 Å². The number of amides is 1. The van der Waals surface area contributed by atoms with Crippen LogP contribution in [0.3, 0.4) is 0 Å². The largest absolute Gasteiger partial charge is 0.337 e. The summed E-state index contributed by atoms with van der Waals surface area (Å²) >= 11 is 1.56. The summed E-state index contributed by atoms with van der Waals surface area (Å²) in [5.74, 6) is 0.893. The first-order chi connectivity index (χ1) is 14.1. The fraction of sp³-hybridized carbons (Fsp3) is 0.286. The predicted molar refractivity (Wildman–Crippen MR) is 110 cm³/mol. The zero-order chi connectivity index (χ0) is 20.2. The first kappa shape index (κ1) is 19.5. The van der Waals surface area contributed by atoms with Crippen molar-refractivity contribution < 1.29 is 13.7 Å². The summed E-state index contributed by atoms with van der Waals surface area (Å²) in [4.78, 5) is 22.0. The maximum atomic E-state index is 13.1. The average molecular weight is 412 g/mol. The Morgan fingerprint density at radius 1 is 1.21 bits per heavy atom.